The highest BCUT2D eigenvalue weighted by Crippen LogP contribution is 2.18. The molecule has 0 aliphatic carbocycles. The van der Waals surface area contributed by atoms with E-state index in [2.05, 4.69) is 27.7 Å². The minimum atomic E-state index is -0.280. The van der Waals surface area contributed by atoms with Gasteiger partial charge >= 0.3 is 0 Å². The zero-order valence-electron chi connectivity index (χ0n) is 6.61. The number of aliphatic hydroxyl groups excluding tert-OH is 1. The molecule has 0 unspecified atom stereocenters. The monoisotopic (exact) mass is 193 g/mol. The van der Waals surface area contributed by atoms with Crippen LogP contribution in [-0.2, 0) is 0 Å². The summed E-state index contributed by atoms with van der Waals surface area (Å²) in [6, 6.07) is 7.58. The zero-order valence-corrected chi connectivity index (χ0v) is 7.43. The lowest BCUT2D eigenvalue weighted by Gasteiger charge is -1.96. The Balaban J connectivity index is 2.51. The summed E-state index contributed by atoms with van der Waals surface area (Å²) in [5.41, 5.74) is 0.904. The van der Waals surface area contributed by atoms with Crippen LogP contribution in [-0.4, -0.2) is 20.5 Å². The van der Waals surface area contributed by atoms with Crippen molar-refractivity contribution in [3.63, 3.8) is 0 Å². The molecule has 5 heteroatoms. The molecule has 0 atom stereocenters. The van der Waals surface area contributed by atoms with Crippen LogP contribution in [0.4, 0.5) is 5.82 Å². The highest BCUT2D eigenvalue weighted by atomic mass is 32.1. The third-order valence-electron chi connectivity index (χ3n) is 1.70. The fraction of sp³-hybridized carbons (Fsp3) is 0. The van der Waals surface area contributed by atoms with Crippen LogP contribution in [0.15, 0.2) is 24.3 Å². The molecule has 0 saturated carbocycles. The van der Waals surface area contributed by atoms with Gasteiger partial charge in [0, 0.05) is 5.39 Å². The molecule has 2 rings (SSSR count). The minimum Gasteiger partial charge on any atom is -0.486 e. The maximum Gasteiger partial charge on any atom is 0.259 e. The molecule has 66 valence electrons. The van der Waals surface area contributed by atoms with Gasteiger partial charge in [-0.05, 0) is 24.4 Å². The first-order valence-electron chi connectivity index (χ1n) is 3.70. The Bertz CT molecular complexity index is 451. The van der Waals surface area contributed by atoms with Gasteiger partial charge in [-0.3, -0.25) is 10.4 Å². The average Bonchev–Trinajstić information content (AvgIpc) is 2.48. The molecule has 0 bridgehead atoms. The number of hydrogen-bond donors (Lipinski definition) is 3. The van der Waals surface area contributed by atoms with Gasteiger partial charge in [0.1, 0.15) is 0 Å². The van der Waals surface area contributed by atoms with Crippen molar-refractivity contribution in [1.82, 2.24) is 10.2 Å². The lowest BCUT2D eigenvalue weighted by molar-refractivity contribution is 0.567. The highest BCUT2D eigenvalue weighted by Gasteiger charge is 2.04. The van der Waals surface area contributed by atoms with Crippen molar-refractivity contribution in [1.29, 1.82) is 0 Å². The molecule has 3 N–H and O–H groups in total. The predicted molar refractivity (Wildman–Crippen MR) is 54.9 cm³/mol. The first kappa shape index (κ1) is 8.00. The van der Waals surface area contributed by atoms with Crippen LogP contribution in [0.5, 0.6) is 0 Å². The van der Waals surface area contributed by atoms with E-state index in [1.54, 1.807) is 0 Å². The van der Waals surface area contributed by atoms with Crippen molar-refractivity contribution in [3.05, 3.63) is 24.3 Å². The maximum absolute atomic E-state index is 8.85. The Kier molecular flexibility index (Phi) is 1.86. The summed E-state index contributed by atoms with van der Waals surface area (Å²) in [6.45, 7) is 0. The summed E-state index contributed by atoms with van der Waals surface area (Å²) in [4.78, 5) is 0. The minimum absolute atomic E-state index is 0.280. The Morgan fingerprint density at radius 1 is 1.46 bits per heavy atom. The van der Waals surface area contributed by atoms with Gasteiger partial charge in [-0.1, -0.05) is 12.1 Å². The first-order chi connectivity index (χ1) is 6.27. The molecule has 1 aromatic heterocycles. The van der Waals surface area contributed by atoms with E-state index in [1.807, 2.05) is 24.3 Å². The number of nitrogens with one attached hydrogen (secondary N) is 2. The number of H-pyrrole nitrogens is 1. The van der Waals surface area contributed by atoms with Crippen molar-refractivity contribution in [2.45, 2.75) is 0 Å². The SMILES string of the molecule is OC(=S)Nc1n[nH]c2ccccc12. The van der Waals surface area contributed by atoms with E-state index in [-0.39, 0.29) is 5.17 Å². The molecule has 0 aliphatic rings. The number of para-hydroxylation sites is 1. The predicted octanol–water partition coefficient (Wildman–Crippen LogP) is 1.82. The summed E-state index contributed by atoms with van der Waals surface area (Å²) in [6.07, 6.45) is 0. The standard InChI is InChI=1S/C8H7N3OS/c12-8(13)9-7-5-3-1-2-4-6(5)10-11-7/h1-4H,(H3,9,10,11,12,13). The molecule has 0 spiro atoms. The summed E-state index contributed by atoms with van der Waals surface area (Å²) in [5, 5.41) is 18.8. The maximum atomic E-state index is 8.85. The Morgan fingerprint density at radius 2 is 2.23 bits per heavy atom. The smallest absolute Gasteiger partial charge is 0.259 e. The lowest BCUT2D eigenvalue weighted by Crippen LogP contribution is -2.07. The van der Waals surface area contributed by atoms with E-state index < -0.39 is 0 Å². The number of thiocarbonyl (C=S) groups is 1. The molecule has 0 fully saturated rings. The second-order valence-electron chi connectivity index (χ2n) is 2.55. The van der Waals surface area contributed by atoms with E-state index >= 15 is 0 Å². The second kappa shape index (κ2) is 3.02. The van der Waals surface area contributed by atoms with Gasteiger partial charge in [0.05, 0.1) is 5.52 Å². The van der Waals surface area contributed by atoms with Crippen molar-refractivity contribution < 1.29 is 5.11 Å². The highest BCUT2D eigenvalue weighted by molar-refractivity contribution is 7.80. The van der Waals surface area contributed by atoms with Gasteiger partial charge in [0.15, 0.2) is 5.82 Å². The topological polar surface area (TPSA) is 60.9 Å². The van der Waals surface area contributed by atoms with Crippen LogP contribution in [0.25, 0.3) is 10.9 Å². The largest absolute Gasteiger partial charge is 0.486 e. The number of anilines is 1. The molecular weight excluding hydrogens is 186 g/mol. The molecule has 0 saturated heterocycles. The van der Waals surface area contributed by atoms with E-state index in [9.17, 15) is 0 Å². The third-order valence-corrected chi connectivity index (χ3v) is 1.80. The molecule has 1 aromatic carbocycles. The van der Waals surface area contributed by atoms with Gasteiger partial charge in [-0.25, -0.2) is 0 Å². The summed E-state index contributed by atoms with van der Waals surface area (Å²) >= 11 is 4.50. The molecule has 0 aliphatic heterocycles. The normalized spacial score (nSPS) is 10.2. The van der Waals surface area contributed by atoms with E-state index in [4.69, 9.17) is 5.11 Å². The summed E-state index contributed by atoms with van der Waals surface area (Å²) in [5.74, 6) is 0.545. The van der Waals surface area contributed by atoms with Crippen molar-refractivity contribution in [2.75, 3.05) is 5.32 Å². The van der Waals surface area contributed by atoms with Crippen LogP contribution in [0, 0.1) is 0 Å². The third kappa shape index (κ3) is 1.46. The number of fused-ring (bicyclic) bond motifs is 1. The van der Waals surface area contributed by atoms with Gasteiger partial charge in [0.2, 0.25) is 0 Å². The van der Waals surface area contributed by atoms with Crippen molar-refractivity contribution >= 4 is 34.1 Å². The Morgan fingerprint density at radius 3 is 3.00 bits per heavy atom. The summed E-state index contributed by atoms with van der Waals surface area (Å²) in [7, 11) is 0. The fourth-order valence-corrected chi connectivity index (χ4v) is 1.26. The van der Waals surface area contributed by atoms with Gasteiger partial charge in [-0.2, -0.15) is 5.10 Å². The molecule has 0 radical (unpaired) electrons. The quantitative estimate of drug-likeness (QED) is 0.604. The van der Waals surface area contributed by atoms with Gasteiger partial charge < -0.3 is 5.11 Å². The van der Waals surface area contributed by atoms with Crippen LogP contribution < -0.4 is 5.32 Å². The van der Waals surface area contributed by atoms with Crippen molar-refractivity contribution in [2.24, 2.45) is 0 Å². The molecule has 1 heterocycles. The number of hydrogen-bond acceptors (Lipinski definition) is 2. The van der Waals surface area contributed by atoms with E-state index in [1.165, 1.54) is 0 Å². The number of benzene rings is 1. The number of nitrogens with zero attached hydrogens (tertiary/aromatic N) is 1. The Hall–Kier alpha value is -1.62. The van der Waals surface area contributed by atoms with E-state index in [0.29, 0.717) is 5.82 Å². The lowest BCUT2D eigenvalue weighted by atomic mass is 10.2. The van der Waals surface area contributed by atoms with Crippen LogP contribution in [0.1, 0.15) is 0 Å². The summed E-state index contributed by atoms with van der Waals surface area (Å²) < 4.78 is 0. The molecule has 0 amide bonds. The molecule has 13 heavy (non-hydrogen) atoms. The number of aliphatic hydroxyl groups is 1. The molecule has 2 aromatic rings. The number of rotatable bonds is 1. The number of aromatic amines is 1. The van der Waals surface area contributed by atoms with Crippen LogP contribution >= 0.6 is 12.2 Å². The molecule has 4 nitrogen and oxygen atoms in total. The first-order valence-corrected chi connectivity index (χ1v) is 4.11. The van der Waals surface area contributed by atoms with Gasteiger partial charge in [-0.15, -0.1) is 0 Å². The Labute approximate surface area is 79.6 Å². The van der Waals surface area contributed by atoms with Crippen LogP contribution in [0.3, 0.4) is 0 Å². The van der Waals surface area contributed by atoms with Crippen LogP contribution in [0.2, 0.25) is 0 Å². The van der Waals surface area contributed by atoms with E-state index in [0.717, 1.165) is 10.9 Å². The number of aromatic nitrogens is 2. The molecular formula is C8H7N3OS. The van der Waals surface area contributed by atoms with Crippen molar-refractivity contribution in [3.8, 4) is 0 Å². The fourth-order valence-electron chi connectivity index (χ4n) is 1.16. The average molecular weight is 193 g/mol. The zero-order chi connectivity index (χ0) is 9.26. The van der Waals surface area contributed by atoms with Gasteiger partial charge in [0.25, 0.3) is 5.17 Å². The second-order valence-corrected chi connectivity index (χ2v) is 2.93.